The van der Waals surface area contributed by atoms with Gasteiger partial charge in [0.05, 0.1) is 37.2 Å². The first-order chi connectivity index (χ1) is 20.1. The van der Waals surface area contributed by atoms with Gasteiger partial charge < -0.3 is 29.6 Å². The number of methoxy groups -OCH3 is 2. The Kier molecular flexibility index (Phi) is 8.00. The second kappa shape index (κ2) is 11.7. The fraction of sp³-hybridized carbons (Fsp3) is 0.250. The molecule has 0 spiro atoms. The number of carbonyl (C=O) groups excluding carboxylic acids is 2. The third-order valence-corrected chi connectivity index (χ3v) is 7.43. The van der Waals surface area contributed by atoms with E-state index in [1.807, 2.05) is 97.1 Å². The van der Waals surface area contributed by atoms with Crippen LogP contribution in [-0.2, 0) is 9.53 Å². The topological polar surface area (TPSA) is 97.7 Å². The Hall–Kier alpha value is -4.70. The molecule has 0 unspecified atom stereocenters. The van der Waals surface area contributed by atoms with Crippen LogP contribution in [0.5, 0.6) is 5.75 Å². The van der Waals surface area contributed by atoms with Crippen LogP contribution in [0, 0.1) is 5.41 Å². The summed E-state index contributed by atoms with van der Waals surface area (Å²) >= 11 is 5.92. The molecule has 216 valence electrons. The van der Waals surface area contributed by atoms with E-state index in [0.29, 0.717) is 22.1 Å². The van der Waals surface area contributed by atoms with E-state index in [4.69, 9.17) is 21.7 Å². The van der Waals surface area contributed by atoms with Gasteiger partial charge in [-0.2, -0.15) is 0 Å². The SMILES string of the molecule is COC(=O)c1cccc(-n2cccc2[C@@H]2[C@H](c3ccccn3)NC(=S)N2c2ccc(NC(=O)C(C)(C)C)c(OC)c2)c1. The van der Waals surface area contributed by atoms with Crippen molar-refractivity contribution in [3.63, 3.8) is 0 Å². The number of benzene rings is 2. The zero-order valence-corrected chi connectivity index (χ0v) is 24.9. The van der Waals surface area contributed by atoms with Crippen molar-refractivity contribution in [2.75, 3.05) is 24.4 Å². The molecule has 1 saturated heterocycles. The second-order valence-electron chi connectivity index (χ2n) is 10.9. The van der Waals surface area contributed by atoms with E-state index < -0.39 is 11.4 Å². The van der Waals surface area contributed by atoms with Crippen LogP contribution >= 0.6 is 12.2 Å². The molecule has 3 heterocycles. The molecule has 2 atom stereocenters. The number of anilines is 2. The number of nitrogens with zero attached hydrogens (tertiary/aromatic N) is 3. The molecule has 0 radical (unpaired) electrons. The summed E-state index contributed by atoms with van der Waals surface area (Å²) in [7, 11) is 2.94. The fourth-order valence-electron chi connectivity index (χ4n) is 4.95. The van der Waals surface area contributed by atoms with Crippen LogP contribution in [0.1, 0.15) is 54.6 Å². The lowest BCUT2D eigenvalue weighted by molar-refractivity contribution is -0.123. The summed E-state index contributed by atoms with van der Waals surface area (Å²) in [6, 6.07) is 22.0. The van der Waals surface area contributed by atoms with Crippen LogP contribution in [0.15, 0.2) is 85.2 Å². The van der Waals surface area contributed by atoms with E-state index in [2.05, 4.69) is 15.6 Å². The lowest BCUT2D eigenvalue weighted by Gasteiger charge is -2.29. The van der Waals surface area contributed by atoms with Crippen LogP contribution in [0.25, 0.3) is 5.69 Å². The zero-order chi connectivity index (χ0) is 30.0. The second-order valence-corrected chi connectivity index (χ2v) is 11.3. The molecule has 2 aromatic carbocycles. The minimum Gasteiger partial charge on any atom is -0.494 e. The van der Waals surface area contributed by atoms with E-state index in [-0.39, 0.29) is 18.0 Å². The van der Waals surface area contributed by atoms with Gasteiger partial charge in [0, 0.05) is 40.9 Å². The van der Waals surface area contributed by atoms with Crippen LogP contribution < -0.4 is 20.3 Å². The predicted octanol–water partition coefficient (Wildman–Crippen LogP) is 5.83. The summed E-state index contributed by atoms with van der Waals surface area (Å²) in [6.07, 6.45) is 3.71. The summed E-state index contributed by atoms with van der Waals surface area (Å²) in [5.74, 6) is -0.0193. The average Bonchev–Trinajstić information content (AvgIpc) is 3.61. The van der Waals surface area contributed by atoms with Gasteiger partial charge >= 0.3 is 5.97 Å². The van der Waals surface area contributed by atoms with Gasteiger partial charge in [-0.3, -0.25) is 9.78 Å². The van der Waals surface area contributed by atoms with Crippen LogP contribution in [0.3, 0.4) is 0 Å². The van der Waals surface area contributed by atoms with Crippen molar-refractivity contribution in [3.05, 3.63) is 102 Å². The number of nitrogens with one attached hydrogen (secondary N) is 2. The van der Waals surface area contributed by atoms with E-state index >= 15 is 0 Å². The molecule has 1 aliphatic heterocycles. The molecular weight excluding hydrogens is 550 g/mol. The molecule has 1 amide bonds. The molecule has 0 aliphatic carbocycles. The third kappa shape index (κ3) is 5.58. The number of hydrogen-bond donors (Lipinski definition) is 2. The van der Waals surface area contributed by atoms with Gasteiger partial charge in [0.25, 0.3) is 0 Å². The van der Waals surface area contributed by atoms with Gasteiger partial charge in [0.1, 0.15) is 11.8 Å². The zero-order valence-electron chi connectivity index (χ0n) is 24.1. The molecule has 0 bridgehead atoms. The number of esters is 1. The monoisotopic (exact) mass is 583 g/mol. The van der Waals surface area contributed by atoms with Gasteiger partial charge in [-0.15, -0.1) is 0 Å². The summed E-state index contributed by atoms with van der Waals surface area (Å²) < 4.78 is 12.7. The first-order valence-corrected chi connectivity index (χ1v) is 13.9. The summed E-state index contributed by atoms with van der Waals surface area (Å²) in [5.41, 5.74) is 3.77. The van der Waals surface area contributed by atoms with Crippen molar-refractivity contribution in [2.45, 2.75) is 32.9 Å². The van der Waals surface area contributed by atoms with Gasteiger partial charge in [-0.05, 0) is 66.8 Å². The third-order valence-electron chi connectivity index (χ3n) is 7.12. The molecule has 42 heavy (non-hydrogen) atoms. The Morgan fingerprint density at radius 2 is 1.79 bits per heavy atom. The van der Waals surface area contributed by atoms with E-state index in [1.165, 1.54) is 7.11 Å². The molecule has 4 aromatic rings. The summed E-state index contributed by atoms with van der Waals surface area (Å²) in [6.45, 7) is 5.57. The Morgan fingerprint density at radius 1 is 0.976 bits per heavy atom. The van der Waals surface area contributed by atoms with Crippen LogP contribution in [0.2, 0.25) is 0 Å². The minimum absolute atomic E-state index is 0.119. The predicted molar refractivity (Wildman–Crippen MR) is 166 cm³/mol. The summed E-state index contributed by atoms with van der Waals surface area (Å²) in [5, 5.41) is 6.96. The van der Waals surface area contributed by atoms with E-state index in [0.717, 1.165) is 22.8 Å². The minimum atomic E-state index is -0.568. The number of ether oxygens (including phenoxy) is 2. The maximum Gasteiger partial charge on any atom is 0.337 e. The molecule has 5 rings (SSSR count). The Labute approximate surface area is 250 Å². The highest BCUT2D eigenvalue weighted by molar-refractivity contribution is 7.80. The highest BCUT2D eigenvalue weighted by Crippen LogP contribution is 2.44. The van der Waals surface area contributed by atoms with Crippen molar-refractivity contribution < 1.29 is 19.1 Å². The number of amides is 1. The number of pyridine rings is 1. The lowest BCUT2D eigenvalue weighted by Crippen LogP contribution is -2.30. The van der Waals surface area contributed by atoms with Gasteiger partial charge in [-0.25, -0.2) is 4.79 Å². The quantitative estimate of drug-likeness (QED) is 0.207. The maximum absolute atomic E-state index is 12.7. The van der Waals surface area contributed by atoms with Crippen LogP contribution in [-0.4, -0.2) is 40.8 Å². The van der Waals surface area contributed by atoms with E-state index in [1.54, 1.807) is 25.4 Å². The van der Waals surface area contributed by atoms with Crippen molar-refractivity contribution in [3.8, 4) is 11.4 Å². The lowest BCUT2D eigenvalue weighted by atomic mass is 9.95. The molecule has 1 fully saturated rings. The fourth-order valence-corrected chi connectivity index (χ4v) is 5.29. The molecule has 0 saturated carbocycles. The van der Waals surface area contributed by atoms with Crippen molar-refractivity contribution in [2.24, 2.45) is 5.41 Å². The standard InChI is InChI=1S/C32H33N5O4S/c1-32(2,3)30(39)34-23-15-14-22(19-26(23)40-4)37-28(27(35-31(37)42)24-12-6-7-16-33-24)25-13-9-17-36(25)21-11-8-10-20(18-21)29(38)41-5/h6-19,27-28H,1-5H3,(H,34,39)(H,35,42)/t27-,28+/m0/s1. The molecular formula is C32H33N5O4S. The molecule has 9 nitrogen and oxygen atoms in total. The normalized spacial score (nSPS) is 16.6. The van der Waals surface area contributed by atoms with Gasteiger partial charge in [0.15, 0.2) is 5.11 Å². The highest BCUT2D eigenvalue weighted by Gasteiger charge is 2.42. The Balaban J connectivity index is 1.61. The first-order valence-electron chi connectivity index (χ1n) is 13.5. The van der Waals surface area contributed by atoms with Gasteiger partial charge in [-0.1, -0.05) is 32.9 Å². The Bertz CT molecular complexity index is 1630. The Morgan fingerprint density at radius 3 is 2.48 bits per heavy atom. The number of thiocarbonyl (C=S) groups is 1. The highest BCUT2D eigenvalue weighted by atomic mass is 32.1. The van der Waals surface area contributed by atoms with Crippen molar-refractivity contribution in [1.82, 2.24) is 14.9 Å². The van der Waals surface area contributed by atoms with Crippen LogP contribution in [0.4, 0.5) is 11.4 Å². The maximum atomic E-state index is 12.7. The molecule has 2 N–H and O–H groups in total. The molecule has 10 heteroatoms. The average molecular weight is 584 g/mol. The number of aromatic nitrogens is 2. The number of carbonyl (C=O) groups is 2. The van der Waals surface area contributed by atoms with Crippen molar-refractivity contribution >= 4 is 40.6 Å². The smallest absolute Gasteiger partial charge is 0.337 e. The number of hydrogen-bond acceptors (Lipinski definition) is 6. The van der Waals surface area contributed by atoms with E-state index in [9.17, 15) is 9.59 Å². The first kappa shape index (κ1) is 28.8. The molecule has 1 aliphatic rings. The largest absolute Gasteiger partial charge is 0.494 e. The summed E-state index contributed by atoms with van der Waals surface area (Å²) in [4.78, 5) is 31.7. The van der Waals surface area contributed by atoms with Gasteiger partial charge in [0.2, 0.25) is 5.91 Å². The molecule has 2 aromatic heterocycles. The number of rotatable bonds is 7. The van der Waals surface area contributed by atoms with Crippen molar-refractivity contribution in [1.29, 1.82) is 0 Å².